The first-order valence-electron chi connectivity index (χ1n) is 6.98. The molecule has 0 aliphatic carbocycles. The molecule has 3 aromatic rings. The second-order valence-corrected chi connectivity index (χ2v) is 6.23. The Bertz CT molecular complexity index is 727. The number of aromatic nitrogens is 1. The van der Waals surface area contributed by atoms with E-state index in [9.17, 15) is 0 Å². The lowest BCUT2D eigenvalue weighted by Crippen LogP contribution is -2.11. The lowest BCUT2D eigenvalue weighted by molar-refractivity contribution is 0.859. The van der Waals surface area contributed by atoms with E-state index in [-0.39, 0.29) is 6.04 Å². The molecular weight excluding hydrogens is 276 g/mol. The Kier molecular flexibility index (Phi) is 3.86. The van der Waals surface area contributed by atoms with E-state index in [0.29, 0.717) is 0 Å². The van der Waals surface area contributed by atoms with Crippen molar-refractivity contribution >= 4 is 11.3 Å². The van der Waals surface area contributed by atoms with Gasteiger partial charge in [0.15, 0.2) is 0 Å². The largest absolute Gasteiger partial charge is 0.318 e. The number of rotatable bonds is 3. The van der Waals surface area contributed by atoms with Crippen molar-refractivity contribution in [2.45, 2.75) is 19.9 Å². The van der Waals surface area contributed by atoms with Gasteiger partial charge in [0.25, 0.3) is 0 Å². The second kappa shape index (κ2) is 5.80. The molecule has 106 valence electrons. The highest BCUT2D eigenvalue weighted by atomic mass is 32.1. The van der Waals surface area contributed by atoms with Gasteiger partial charge in [-0.15, -0.1) is 11.3 Å². The third kappa shape index (κ3) is 3.04. The Balaban J connectivity index is 1.93. The lowest BCUT2D eigenvalue weighted by atomic mass is 10.1. The maximum absolute atomic E-state index is 6.32. The standard InChI is InChI=1S/C18H18N2S/c1-12-8-13(2)10-15(9-12)16-11-21-18(20-16)17(19)14-6-4-3-5-7-14/h3-11,17H,19H2,1-2H3. The summed E-state index contributed by atoms with van der Waals surface area (Å²) in [7, 11) is 0. The Morgan fingerprint density at radius 3 is 2.33 bits per heavy atom. The van der Waals surface area contributed by atoms with E-state index in [1.165, 1.54) is 11.1 Å². The van der Waals surface area contributed by atoms with Crippen LogP contribution in [0.15, 0.2) is 53.9 Å². The van der Waals surface area contributed by atoms with E-state index in [2.05, 4.69) is 37.4 Å². The van der Waals surface area contributed by atoms with Crippen molar-refractivity contribution in [3.8, 4) is 11.3 Å². The van der Waals surface area contributed by atoms with Gasteiger partial charge < -0.3 is 5.73 Å². The quantitative estimate of drug-likeness (QED) is 0.773. The predicted molar refractivity (Wildman–Crippen MR) is 89.5 cm³/mol. The smallest absolute Gasteiger partial charge is 0.115 e. The molecular formula is C18H18N2S. The van der Waals surface area contributed by atoms with Crippen LogP contribution < -0.4 is 5.73 Å². The van der Waals surface area contributed by atoms with Gasteiger partial charge in [0.2, 0.25) is 0 Å². The van der Waals surface area contributed by atoms with Crippen molar-refractivity contribution in [2.24, 2.45) is 5.73 Å². The van der Waals surface area contributed by atoms with Gasteiger partial charge in [0.1, 0.15) is 5.01 Å². The number of aryl methyl sites for hydroxylation is 2. The molecule has 1 aromatic heterocycles. The minimum absolute atomic E-state index is 0.157. The normalized spacial score (nSPS) is 12.3. The van der Waals surface area contributed by atoms with E-state index in [4.69, 9.17) is 10.7 Å². The molecule has 2 N–H and O–H groups in total. The number of nitrogens with zero attached hydrogens (tertiary/aromatic N) is 1. The van der Waals surface area contributed by atoms with Gasteiger partial charge in [-0.2, -0.15) is 0 Å². The van der Waals surface area contributed by atoms with Crippen LogP contribution in [0.25, 0.3) is 11.3 Å². The van der Waals surface area contributed by atoms with Gasteiger partial charge in [-0.3, -0.25) is 0 Å². The Morgan fingerprint density at radius 2 is 1.67 bits per heavy atom. The molecule has 21 heavy (non-hydrogen) atoms. The molecule has 0 aliphatic heterocycles. The zero-order valence-electron chi connectivity index (χ0n) is 12.2. The Morgan fingerprint density at radius 1 is 1.00 bits per heavy atom. The van der Waals surface area contributed by atoms with Crippen molar-refractivity contribution in [2.75, 3.05) is 0 Å². The van der Waals surface area contributed by atoms with E-state index < -0.39 is 0 Å². The molecule has 0 saturated carbocycles. The topological polar surface area (TPSA) is 38.9 Å². The fourth-order valence-electron chi connectivity index (χ4n) is 2.49. The molecule has 0 saturated heterocycles. The Labute approximate surface area is 129 Å². The summed E-state index contributed by atoms with van der Waals surface area (Å²) in [5.41, 5.74) is 12.1. The summed E-state index contributed by atoms with van der Waals surface area (Å²) in [6.07, 6.45) is 0. The van der Waals surface area contributed by atoms with Crippen LogP contribution in [0.5, 0.6) is 0 Å². The summed E-state index contributed by atoms with van der Waals surface area (Å²) in [6, 6.07) is 16.5. The Hall–Kier alpha value is -1.97. The van der Waals surface area contributed by atoms with E-state index >= 15 is 0 Å². The average Bonchev–Trinajstić information content (AvgIpc) is 2.96. The van der Waals surface area contributed by atoms with Gasteiger partial charge in [-0.25, -0.2) is 4.98 Å². The van der Waals surface area contributed by atoms with Gasteiger partial charge in [-0.1, -0.05) is 47.5 Å². The zero-order chi connectivity index (χ0) is 14.8. The minimum atomic E-state index is -0.157. The number of nitrogens with two attached hydrogens (primary N) is 1. The maximum Gasteiger partial charge on any atom is 0.115 e. The zero-order valence-corrected chi connectivity index (χ0v) is 13.0. The van der Waals surface area contributed by atoms with Gasteiger partial charge in [0.05, 0.1) is 11.7 Å². The van der Waals surface area contributed by atoms with Crippen molar-refractivity contribution in [1.29, 1.82) is 0 Å². The molecule has 1 atom stereocenters. The summed E-state index contributed by atoms with van der Waals surface area (Å²) >= 11 is 1.62. The third-order valence-corrected chi connectivity index (χ3v) is 4.39. The molecule has 0 bridgehead atoms. The first kappa shape index (κ1) is 14.0. The van der Waals surface area contributed by atoms with Crippen LogP contribution in [0.2, 0.25) is 0 Å². The highest BCUT2D eigenvalue weighted by molar-refractivity contribution is 7.10. The van der Waals surface area contributed by atoms with Crippen LogP contribution >= 0.6 is 11.3 Å². The second-order valence-electron chi connectivity index (χ2n) is 5.34. The number of hydrogen-bond donors (Lipinski definition) is 1. The molecule has 0 aliphatic rings. The number of thiazole rings is 1. The first-order chi connectivity index (χ1) is 10.1. The SMILES string of the molecule is Cc1cc(C)cc(-c2csc(C(N)c3ccccc3)n2)c1. The van der Waals surface area contributed by atoms with Crippen molar-refractivity contribution in [1.82, 2.24) is 4.98 Å². The summed E-state index contributed by atoms with van der Waals surface area (Å²) in [5.74, 6) is 0. The molecule has 2 aromatic carbocycles. The summed E-state index contributed by atoms with van der Waals surface area (Å²) in [5, 5.41) is 3.04. The molecule has 2 nitrogen and oxygen atoms in total. The summed E-state index contributed by atoms with van der Waals surface area (Å²) in [6.45, 7) is 4.22. The summed E-state index contributed by atoms with van der Waals surface area (Å²) in [4.78, 5) is 4.73. The molecule has 0 radical (unpaired) electrons. The molecule has 1 heterocycles. The lowest BCUT2D eigenvalue weighted by Gasteiger charge is -2.08. The molecule has 1 unspecified atom stereocenters. The van der Waals surface area contributed by atoms with Crippen LogP contribution in [-0.2, 0) is 0 Å². The third-order valence-electron chi connectivity index (χ3n) is 3.46. The number of benzene rings is 2. The molecule has 0 fully saturated rings. The maximum atomic E-state index is 6.32. The average molecular weight is 294 g/mol. The monoisotopic (exact) mass is 294 g/mol. The predicted octanol–water partition coefficient (Wildman–Crippen LogP) is 4.48. The van der Waals surface area contributed by atoms with Gasteiger partial charge in [-0.05, 0) is 31.5 Å². The van der Waals surface area contributed by atoms with Crippen molar-refractivity contribution in [3.63, 3.8) is 0 Å². The van der Waals surface area contributed by atoms with Gasteiger partial charge >= 0.3 is 0 Å². The van der Waals surface area contributed by atoms with Crippen LogP contribution in [0.4, 0.5) is 0 Å². The fraction of sp³-hybridized carbons (Fsp3) is 0.167. The first-order valence-corrected chi connectivity index (χ1v) is 7.86. The molecule has 0 spiro atoms. The molecule has 3 rings (SSSR count). The van der Waals surface area contributed by atoms with Crippen LogP contribution in [0.1, 0.15) is 27.7 Å². The van der Waals surface area contributed by atoms with Crippen LogP contribution in [0, 0.1) is 13.8 Å². The fourth-order valence-corrected chi connectivity index (χ4v) is 3.34. The molecule has 0 amide bonds. The van der Waals surface area contributed by atoms with E-state index in [1.807, 2.05) is 30.3 Å². The highest BCUT2D eigenvalue weighted by Crippen LogP contribution is 2.28. The van der Waals surface area contributed by atoms with Gasteiger partial charge in [0, 0.05) is 10.9 Å². The number of hydrogen-bond acceptors (Lipinski definition) is 3. The highest BCUT2D eigenvalue weighted by Gasteiger charge is 2.14. The molecule has 3 heteroatoms. The van der Waals surface area contributed by atoms with Crippen LogP contribution in [0.3, 0.4) is 0 Å². The van der Waals surface area contributed by atoms with E-state index in [0.717, 1.165) is 21.8 Å². The minimum Gasteiger partial charge on any atom is -0.318 e. The van der Waals surface area contributed by atoms with Crippen LogP contribution in [-0.4, -0.2) is 4.98 Å². The summed E-state index contributed by atoms with van der Waals surface area (Å²) < 4.78 is 0. The van der Waals surface area contributed by atoms with Crippen molar-refractivity contribution < 1.29 is 0 Å². The van der Waals surface area contributed by atoms with E-state index in [1.54, 1.807) is 11.3 Å². The van der Waals surface area contributed by atoms with Crippen molar-refractivity contribution in [3.05, 3.63) is 75.6 Å².